The van der Waals surface area contributed by atoms with Gasteiger partial charge >= 0.3 is 5.97 Å². The van der Waals surface area contributed by atoms with Crippen molar-refractivity contribution in [2.75, 3.05) is 6.61 Å². The molecule has 2 rings (SSSR count). The van der Waals surface area contributed by atoms with E-state index in [9.17, 15) is 4.79 Å². The molecule has 1 saturated heterocycles. The lowest BCUT2D eigenvalue weighted by Crippen LogP contribution is -2.10. The van der Waals surface area contributed by atoms with Gasteiger partial charge in [0.25, 0.3) is 0 Å². The number of cyclic esters (lactones) is 1. The van der Waals surface area contributed by atoms with Crippen molar-refractivity contribution in [2.45, 2.75) is 12.8 Å². The smallest absolute Gasteiger partial charge is 0.309 e. The summed E-state index contributed by atoms with van der Waals surface area (Å²) in [4.78, 5) is 17.9. The van der Waals surface area contributed by atoms with Gasteiger partial charge in [-0.05, 0) is 6.42 Å². The molecular weight excluding hydrogens is 156 g/mol. The van der Waals surface area contributed by atoms with Gasteiger partial charge < -0.3 is 9.72 Å². The van der Waals surface area contributed by atoms with Gasteiger partial charge in [-0.15, -0.1) is 0 Å². The molecule has 0 radical (unpaired) electrons. The number of imidazole rings is 1. The van der Waals surface area contributed by atoms with Gasteiger partial charge in [0.15, 0.2) is 0 Å². The summed E-state index contributed by atoms with van der Waals surface area (Å²) < 4.78 is 4.84. The lowest BCUT2D eigenvalue weighted by Gasteiger charge is -2.01. The Hall–Kier alpha value is -1.32. The van der Waals surface area contributed by atoms with E-state index >= 15 is 0 Å². The largest absolute Gasteiger partial charge is 0.465 e. The van der Waals surface area contributed by atoms with E-state index in [1.54, 1.807) is 12.5 Å². The molecule has 4 nitrogen and oxygen atoms in total. The molecule has 1 aromatic rings. The highest BCUT2D eigenvalue weighted by Gasteiger charge is 2.26. The normalized spacial score (nSPS) is 22.7. The number of carbonyl (C=O) groups excluding carboxylic acids is 1. The Kier molecular flexibility index (Phi) is 1.81. The summed E-state index contributed by atoms with van der Waals surface area (Å²) in [7, 11) is 0. The summed E-state index contributed by atoms with van der Waals surface area (Å²) in [5.41, 5.74) is 0.999. The third kappa shape index (κ3) is 1.32. The minimum Gasteiger partial charge on any atom is -0.465 e. The fraction of sp³-hybridized carbons (Fsp3) is 0.500. The van der Waals surface area contributed by atoms with Gasteiger partial charge in [0.1, 0.15) is 0 Å². The van der Waals surface area contributed by atoms with Crippen LogP contribution in [0.1, 0.15) is 12.1 Å². The number of rotatable bonds is 2. The summed E-state index contributed by atoms with van der Waals surface area (Å²) in [5, 5.41) is 0. The predicted octanol–water partition coefficient (Wildman–Crippen LogP) is 0.515. The van der Waals surface area contributed by atoms with E-state index in [0.29, 0.717) is 6.61 Å². The van der Waals surface area contributed by atoms with Crippen LogP contribution in [-0.2, 0) is 16.0 Å². The molecule has 1 aromatic heterocycles. The molecule has 4 heteroatoms. The molecule has 2 heterocycles. The van der Waals surface area contributed by atoms with E-state index in [-0.39, 0.29) is 11.9 Å². The van der Waals surface area contributed by atoms with Crippen LogP contribution >= 0.6 is 0 Å². The van der Waals surface area contributed by atoms with Crippen LogP contribution in [0.3, 0.4) is 0 Å². The molecule has 0 bridgehead atoms. The second-order valence-corrected chi connectivity index (χ2v) is 2.93. The van der Waals surface area contributed by atoms with Gasteiger partial charge in [-0.1, -0.05) is 0 Å². The van der Waals surface area contributed by atoms with Gasteiger partial charge in [-0.2, -0.15) is 0 Å². The van der Waals surface area contributed by atoms with Crippen molar-refractivity contribution in [2.24, 2.45) is 5.92 Å². The Morgan fingerprint density at radius 3 is 3.25 bits per heavy atom. The number of H-pyrrole nitrogens is 1. The van der Waals surface area contributed by atoms with Crippen LogP contribution in [0.4, 0.5) is 0 Å². The fourth-order valence-electron chi connectivity index (χ4n) is 1.38. The van der Waals surface area contributed by atoms with Crippen LogP contribution < -0.4 is 0 Å². The molecule has 1 N–H and O–H groups in total. The highest BCUT2D eigenvalue weighted by Crippen LogP contribution is 2.18. The maximum absolute atomic E-state index is 11.0. The molecule has 64 valence electrons. The van der Waals surface area contributed by atoms with Crippen LogP contribution in [0.2, 0.25) is 0 Å². The van der Waals surface area contributed by atoms with Gasteiger partial charge in [0.05, 0.1) is 18.9 Å². The lowest BCUT2D eigenvalue weighted by atomic mass is 10.0. The molecule has 1 atom stereocenters. The first-order valence-electron chi connectivity index (χ1n) is 4.00. The Morgan fingerprint density at radius 2 is 2.67 bits per heavy atom. The second kappa shape index (κ2) is 2.97. The van der Waals surface area contributed by atoms with Crippen molar-refractivity contribution < 1.29 is 9.53 Å². The zero-order valence-corrected chi connectivity index (χ0v) is 6.62. The van der Waals surface area contributed by atoms with Gasteiger partial charge in [0.2, 0.25) is 0 Å². The average Bonchev–Trinajstić information content (AvgIpc) is 2.65. The first-order valence-corrected chi connectivity index (χ1v) is 4.00. The molecule has 0 aliphatic carbocycles. The van der Waals surface area contributed by atoms with Crippen molar-refractivity contribution >= 4 is 5.97 Å². The monoisotopic (exact) mass is 166 g/mol. The molecule has 0 spiro atoms. The second-order valence-electron chi connectivity index (χ2n) is 2.93. The van der Waals surface area contributed by atoms with Crippen LogP contribution in [0.25, 0.3) is 0 Å². The summed E-state index contributed by atoms with van der Waals surface area (Å²) in [6, 6.07) is 0. The van der Waals surface area contributed by atoms with Crippen LogP contribution in [0, 0.1) is 5.92 Å². The van der Waals surface area contributed by atoms with E-state index in [1.807, 2.05) is 0 Å². The fourth-order valence-corrected chi connectivity index (χ4v) is 1.38. The third-order valence-corrected chi connectivity index (χ3v) is 2.07. The van der Waals surface area contributed by atoms with Crippen LogP contribution in [0.5, 0.6) is 0 Å². The SMILES string of the molecule is O=C1OCCC1Cc1cnc[nH]1. The molecule has 1 fully saturated rings. The zero-order valence-electron chi connectivity index (χ0n) is 6.62. The number of ether oxygens (including phenoxy) is 1. The summed E-state index contributed by atoms with van der Waals surface area (Å²) in [5.74, 6) is -0.0462. The standard InChI is InChI=1S/C8H10N2O2/c11-8-6(1-2-12-8)3-7-4-9-5-10-7/h4-6H,1-3H2,(H,9,10). The highest BCUT2D eigenvalue weighted by atomic mass is 16.5. The van der Waals surface area contributed by atoms with E-state index in [0.717, 1.165) is 18.5 Å². The quantitative estimate of drug-likeness (QED) is 0.651. The van der Waals surface area contributed by atoms with Gasteiger partial charge in [-0.25, -0.2) is 4.98 Å². The topological polar surface area (TPSA) is 55.0 Å². The minimum absolute atomic E-state index is 0.0328. The van der Waals surface area contributed by atoms with Gasteiger partial charge in [-0.3, -0.25) is 4.79 Å². The van der Waals surface area contributed by atoms with E-state index < -0.39 is 0 Å². The van der Waals surface area contributed by atoms with Crippen molar-refractivity contribution in [1.29, 1.82) is 0 Å². The molecule has 0 aromatic carbocycles. The first-order chi connectivity index (χ1) is 5.86. The van der Waals surface area contributed by atoms with E-state index in [2.05, 4.69) is 9.97 Å². The van der Waals surface area contributed by atoms with E-state index in [1.165, 1.54) is 0 Å². The maximum Gasteiger partial charge on any atom is 0.309 e. The summed E-state index contributed by atoms with van der Waals surface area (Å²) in [6.45, 7) is 0.567. The number of hydrogen-bond acceptors (Lipinski definition) is 3. The summed E-state index contributed by atoms with van der Waals surface area (Å²) >= 11 is 0. The highest BCUT2D eigenvalue weighted by molar-refractivity contribution is 5.74. The summed E-state index contributed by atoms with van der Waals surface area (Å²) in [6.07, 6.45) is 4.91. The molecule has 12 heavy (non-hydrogen) atoms. The van der Waals surface area contributed by atoms with Crippen molar-refractivity contribution in [3.8, 4) is 0 Å². The molecule has 1 aliphatic heterocycles. The lowest BCUT2D eigenvalue weighted by molar-refractivity contribution is -0.141. The van der Waals surface area contributed by atoms with Gasteiger partial charge in [0, 0.05) is 18.3 Å². The minimum atomic E-state index is -0.0791. The Balaban J connectivity index is 1.99. The number of carbonyl (C=O) groups is 1. The van der Waals surface area contributed by atoms with Crippen molar-refractivity contribution in [3.05, 3.63) is 18.2 Å². The number of aromatic nitrogens is 2. The average molecular weight is 166 g/mol. The van der Waals surface area contributed by atoms with Crippen molar-refractivity contribution in [1.82, 2.24) is 9.97 Å². The van der Waals surface area contributed by atoms with Crippen LogP contribution in [0.15, 0.2) is 12.5 Å². The van der Waals surface area contributed by atoms with Crippen molar-refractivity contribution in [3.63, 3.8) is 0 Å². The Labute approximate surface area is 70.0 Å². The number of aromatic amines is 1. The van der Waals surface area contributed by atoms with Crippen LogP contribution in [-0.4, -0.2) is 22.5 Å². The number of nitrogens with zero attached hydrogens (tertiary/aromatic N) is 1. The molecule has 1 aliphatic rings. The van der Waals surface area contributed by atoms with E-state index in [4.69, 9.17) is 4.74 Å². The molecule has 1 unspecified atom stereocenters. The predicted molar refractivity (Wildman–Crippen MR) is 41.4 cm³/mol. The number of esters is 1. The molecule has 0 amide bonds. The Morgan fingerprint density at radius 1 is 1.75 bits per heavy atom. The molecule has 0 saturated carbocycles. The first kappa shape index (κ1) is 7.34. The zero-order chi connectivity index (χ0) is 8.39. The number of nitrogens with one attached hydrogen (secondary N) is 1. The third-order valence-electron chi connectivity index (χ3n) is 2.07. The molecular formula is C8H10N2O2. The Bertz CT molecular complexity index is 269. The maximum atomic E-state index is 11.0. The number of hydrogen-bond donors (Lipinski definition) is 1.